The van der Waals surface area contributed by atoms with Gasteiger partial charge in [-0.05, 0) is 47.5 Å². The van der Waals surface area contributed by atoms with Crippen molar-refractivity contribution < 1.29 is 12.8 Å². The van der Waals surface area contributed by atoms with Crippen LogP contribution in [-0.2, 0) is 21.5 Å². The van der Waals surface area contributed by atoms with Gasteiger partial charge in [-0.3, -0.25) is 10.8 Å². The number of halogens is 3. The lowest BCUT2D eigenvalue weighted by molar-refractivity contribution is 0.520. The zero-order valence-corrected chi connectivity index (χ0v) is 23.8. The van der Waals surface area contributed by atoms with E-state index in [9.17, 15) is 12.8 Å². The number of nitrogens with one attached hydrogen (secondary N) is 2. The largest absolute Gasteiger partial charge is 0.379 e. The molecule has 32 heavy (non-hydrogen) atoms. The zero-order chi connectivity index (χ0) is 22.5. The third-order valence-electron chi connectivity index (χ3n) is 3.82. The number of nitrogens with two attached hydrogens (primary N) is 2. The molecule has 0 spiro atoms. The first-order chi connectivity index (χ1) is 14.0. The fourth-order valence-electron chi connectivity index (χ4n) is 2.33. The average Bonchev–Trinajstić information content (AvgIpc) is 2.66. The molecule has 0 amide bonds. The lowest BCUT2D eigenvalue weighted by Gasteiger charge is -2.16. The molecule has 0 aliphatic carbocycles. The molecule has 2 aromatic carbocycles. The number of benzene rings is 2. The van der Waals surface area contributed by atoms with Gasteiger partial charge >= 0.3 is 0 Å². The summed E-state index contributed by atoms with van der Waals surface area (Å²) in [7, 11) is -0.704. The van der Waals surface area contributed by atoms with E-state index in [-0.39, 0.29) is 49.2 Å². The Morgan fingerprint density at radius 2 is 1.41 bits per heavy atom. The van der Waals surface area contributed by atoms with E-state index in [1.165, 1.54) is 44.1 Å². The van der Waals surface area contributed by atoms with Crippen molar-refractivity contribution in [2.45, 2.75) is 26.2 Å². The second kappa shape index (κ2) is 13.8. The minimum Gasteiger partial charge on any atom is -0.379 e. The molecule has 2 rings (SSSR count). The van der Waals surface area contributed by atoms with Crippen LogP contribution >= 0.6 is 69.2 Å². The summed E-state index contributed by atoms with van der Waals surface area (Å²) in [6.45, 7) is 0. The van der Waals surface area contributed by atoms with Crippen LogP contribution in [0.15, 0.2) is 51.1 Å². The molecular formula is C18H24Br2FN5O2S4. The van der Waals surface area contributed by atoms with Crippen LogP contribution < -0.4 is 11.5 Å². The van der Waals surface area contributed by atoms with Crippen LogP contribution in [0.3, 0.4) is 0 Å². The number of hydrogen-bond donors (Lipinski definition) is 4. The Balaban J connectivity index is 0.00000480. The molecule has 2 aromatic rings. The fraction of sp³-hybridized carbons (Fsp3) is 0.222. The first-order valence-electron chi connectivity index (χ1n) is 8.46. The highest BCUT2D eigenvalue weighted by Crippen LogP contribution is 2.37. The van der Waals surface area contributed by atoms with E-state index < -0.39 is 15.8 Å². The number of thioether (sulfide) groups is 2. The Kier molecular flexibility index (Phi) is 13.5. The van der Waals surface area contributed by atoms with Crippen molar-refractivity contribution in [2.24, 2.45) is 11.5 Å². The summed E-state index contributed by atoms with van der Waals surface area (Å²) in [5, 5.41) is 14.7. The van der Waals surface area contributed by atoms with Gasteiger partial charge in [0.05, 0.1) is 4.90 Å². The van der Waals surface area contributed by atoms with Gasteiger partial charge < -0.3 is 11.5 Å². The summed E-state index contributed by atoms with van der Waals surface area (Å²) in [5.41, 5.74) is 12.2. The van der Waals surface area contributed by atoms with E-state index in [0.717, 1.165) is 37.6 Å². The summed E-state index contributed by atoms with van der Waals surface area (Å²) in [6.07, 6.45) is 0. The normalized spacial score (nSPS) is 10.9. The van der Waals surface area contributed by atoms with Crippen LogP contribution in [0.1, 0.15) is 11.1 Å². The summed E-state index contributed by atoms with van der Waals surface area (Å²) in [5.74, 6) is 0.256. The fourth-order valence-corrected chi connectivity index (χ4v) is 5.60. The maximum absolute atomic E-state index is 13.7. The number of rotatable bonds is 8. The first-order valence-corrected chi connectivity index (χ1v) is 12.7. The lowest BCUT2D eigenvalue weighted by Crippen LogP contribution is -2.22. The Bertz CT molecular complexity index is 1070. The summed E-state index contributed by atoms with van der Waals surface area (Å²) in [4.78, 5) is 1.67. The van der Waals surface area contributed by atoms with Crippen molar-refractivity contribution in [3.8, 4) is 0 Å². The topological polar surface area (TPSA) is 137 Å². The van der Waals surface area contributed by atoms with Crippen LogP contribution in [0.2, 0.25) is 0 Å². The van der Waals surface area contributed by atoms with Crippen LogP contribution in [0.25, 0.3) is 0 Å². The number of nitrogens with zero attached hydrogens (tertiary/aromatic N) is 1. The number of sulfonamides is 1. The smallest absolute Gasteiger partial charge is 0.242 e. The van der Waals surface area contributed by atoms with Gasteiger partial charge in [-0.2, -0.15) is 0 Å². The monoisotopic (exact) mass is 647 g/mol. The van der Waals surface area contributed by atoms with Crippen LogP contribution in [0.5, 0.6) is 0 Å². The number of amidine groups is 2. The third-order valence-corrected chi connectivity index (χ3v) is 8.40. The summed E-state index contributed by atoms with van der Waals surface area (Å²) in [6, 6.07) is 9.17. The quantitative estimate of drug-likeness (QED) is 0.242. The van der Waals surface area contributed by atoms with Crippen molar-refractivity contribution in [3.05, 3.63) is 53.3 Å². The van der Waals surface area contributed by atoms with Gasteiger partial charge in [0.15, 0.2) is 10.3 Å². The molecule has 0 aliphatic rings. The van der Waals surface area contributed by atoms with E-state index in [1.807, 2.05) is 0 Å². The van der Waals surface area contributed by atoms with Crippen molar-refractivity contribution in [1.29, 1.82) is 10.8 Å². The average molecular weight is 649 g/mol. The molecule has 0 radical (unpaired) electrons. The van der Waals surface area contributed by atoms with Crippen molar-refractivity contribution in [3.63, 3.8) is 0 Å². The second-order valence-electron chi connectivity index (χ2n) is 6.22. The van der Waals surface area contributed by atoms with Gasteiger partial charge in [0.2, 0.25) is 10.0 Å². The highest BCUT2D eigenvalue weighted by atomic mass is 79.9. The molecule has 0 heterocycles. The van der Waals surface area contributed by atoms with Crippen molar-refractivity contribution >= 4 is 89.6 Å². The van der Waals surface area contributed by atoms with Gasteiger partial charge in [0, 0.05) is 35.4 Å². The molecule has 0 aliphatic heterocycles. The van der Waals surface area contributed by atoms with E-state index in [4.69, 9.17) is 22.3 Å². The zero-order valence-electron chi connectivity index (χ0n) is 17.1. The second-order valence-corrected chi connectivity index (χ2v) is 11.5. The van der Waals surface area contributed by atoms with Crippen molar-refractivity contribution in [1.82, 2.24) is 4.31 Å². The maximum atomic E-state index is 13.7. The van der Waals surface area contributed by atoms with E-state index in [1.54, 1.807) is 18.2 Å². The van der Waals surface area contributed by atoms with Gasteiger partial charge in [-0.15, -0.1) is 34.0 Å². The predicted molar refractivity (Wildman–Crippen MR) is 145 cm³/mol. The standard InChI is InChI=1S/C18H22FN5O2S4.2BrH/c1-24(2)30(25,26)14-4-6-16(12(8-14)10-28-18(22)23)29-15-5-3-13(19)7-11(15)9-27-17(20)21;;/h3-8H,9-10H2,1-2H3,(H3,20,21)(H3,22,23);2*1H. The van der Waals surface area contributed by atoms with E-state index in [2.05, 4.69) is 0 Å². The Morgan fingerprint density at radius 3 is 1.88 bits per heavy atom. The molecule has 0 aromatic heterocycles. The van der Waals surface area contributed by atoms with Crippen molar-refractivity contribution in [2.75, 3.05) is 14.1 Å². The van der Waals surface area contributed by atoms with Crippen LogP contribution in [0.4, 0.5) is 4.39 Å². The Morgan fingerprint density at radius 1 is 0.938 bits per heavy atom. The molecule has 0 fully saturated rings. The van der Waals surface area contributed by atoms with Gasteiger partial charge in [0.25, 0.3) is 0 Å². The number of hydrogen-bond acceptors (Lipinski definition) is 7. The molecule has 0 saturated carbocycles. The highest BCUT2D eigenvalue weighted by molar-refractivity contribution is 8.93. The van der Waals surface area contributed by atoms with E-state index >= 15 is 0 Å². The summed E-state index contributed by atoms with van der Waals surface area (Å²) >= 11 is 3.54. The molecule has 0 saturated heterocycles. The highest BCUT2D eigenvalue weighted by Gasteiger charge is 2.20. The predicted octanol–water partition coefficient (Wildman–Crippen LogP) is 4.64. The minimum atomic E-state index is -3.62. The SMILES string of the molecule is Br.Br.CN(C)S(=O)(=O)c1ccc(Sc2ccc(F)cc2CSC(=N)N)c(CSC(=N)N)c1. The van der Waals surface area contributed by atoms with E-state index in [0.29, 0.717) is 22.6 Å². The molecule has 7 nitrogen and oxygen atoms in total. The lowest BCUT2D eigenvalue weighted by atomic mass is 10.2. The first kappa shape index (κ1) is 31.2. The van der Waals surface area contributed by atoms with Crippen LogP contribution in [0, 0.1) is 16.6 Å². The molecular weight excluding hydrogens is 625 g/mol. The van der Waals surface area contributed by atoms with Gasteiger partial charge in [-0.25, -0.2) is 17.1 Å². The van der Waals surface area contributed by atoms with Gasteiger partial charge in [-0.1, -0.05) is 35.3 Å². The van der Waals surface area contributed by atoms with Crippen LogP contribution in [-0.4, -0.2) is 37.2 Å². The molecule has 0 unspecified atom stereocenters. The maximum Gasteiger partial charge on any atom is 0.242 e. The minimum absolute atomic E-state index is 0. The summed E-state index contributed by atoms with van der Waals surface area (Å²) < 4.78 is 39.9. The Hall–Kier alpha value is -0.770. The molecule has 6 N–H and O–H groups in total. The third kappa shape index (κ3) is 8.88. The molecule has 178 valence electrons. The Labute approximate surface area is 221 Å². The van der Waals surface area contributed by atoms with Gasteiger partial charge in [0.1, 0.15) is 5.82 Å². The molecule has 0 atom stereocenters. The molecule has 0 bridgehead atoms. The molecule has 14 heteroatoms.